The summed E-state index contributed by atoms with van der Waals surface area (Å²) >= 11 is 0. The quantitative estimate of drug-likeness (QED) is 0.371. The molecule has 6 heteroatoms. The number of fused-ring (bicyclic) bond motifs is 5. The van der Waals surface area contributed by atoms with E-state index in [-0.39, 0.29) is 48.0 Å². The largest absolute Gasteiger partial charge is 0.497 e. The normalized spacial score (nSPS) is 22.2. The number of Topliss-reactive ketones (excluding diaryl/α,β-unsaturated/α-hetero) is 1. The molecule has 0 radical (unpaired) electrons. The van der Waals surface area contributed by atoms with Crippen LogP contribution in [-0.2, 0) is 4.74 Å². The molecule has 3 aromatic rings. The van der Waals surface area contributed by atoms with Crippen LogP contribution in [0.25, 0.3) is 11.1 Å². The number of hydrogen-bond donors (Lipinski definition) is 0. The predicted octanol–water partition coefficient (Wildman–Crippen LogP) is 6.60. The Morgan fingerprint density at radius 1 is 0.919 bits per heavy atom. The van der Waals surface area contributed by atoms with E-state index in [0.29, 0.717) is 18.6 Å². The molecule has 3 aliphatic rings. The molecule has 2 fully saturated rings. The van der Waals surface area contributed by atoms with Crippen LogP contribution in [0.4, 0.5) is 9.18 Å². The van der Waals surface area contributed by atoms with E-state index in [4.69, 9.17) is 9.47 Å². The van der Waals surface area contributed by atoms with E-state index in [1.165, 1.54) is 41.5 Å². The lowest BCUT2D eigenvalue weighted by molar-refractivity contribution is 0.00642. The molecule has 1 aliphatic carbocycles. The van der Waals surface area contributed by atoms with Crippen molar-refractivity contribution in [3.05, 3.63) is 89.2 Å². The van der Waals surface area contributed by atoms with Crippen molar-refractivity contribution in [1.82, 2.24) is 4.90 Å². The summed E-state index contributed by atoms with van der Waals surface area (Å²) in [6, 6.07) is 20.8. The Labute approximate surface area is 216 Å². The van der Waals surface area contributed by atoms with Crippen molar-refractivity contribution in [2.24, 2.45) is 5.92 Å². The summed E-state index contributed by atoms with van der Waals surface area (Å²) in [6.07, 6.45) is 3.43. The van der Waals surface area contributed by atoms with E-state index in [2.05, 4.69) is 24.3 Å². The minimum absolute atomic E-state index is 0.00774. The van der Waals surface area contributed by atoms with Gasteiger partial charge in [-0.1, -0.05) is 48.5 Å². The van der Waals surface area contributed by atoms with Gasteiger partial charge in [0, 0.05) is 30.0 Å². The molecule has 37 heavy (non-hydrogen) atoms. The topological polar surface area (TPSA) is 55.8 Å². The lowest BCUT2D eigenvalue weighted by atomic mass is 9.76. The summed E-state index contributed by atoms with van der Waals surface area (Å²) < 4.78 is 25.6. The first kappa shape index (κ1) is 23.7. The molecule has 2 unspecified atom stereocenters. The first-order valence-corrected chi connectivity index (χ1v) is 13.1. The Morgan fingerprint density at radius 3 is 2.14 bits per heavy atom. The molecule has 1 amide bonds. The fourth-order valence-corrected chi connectivity index (χ4v) is 6.60. The molecule has 2 heterocycles. The molecule has 2 saturated heterocycles. The number of hydrogen-bond acceptors (Lipinski definition) is 4. The van der Waals surface area contributed by atoms with Gasteiger partial charge in [0.2, 0.25) is 0 Å². The third-order valence-corrected chi connectivity index (χ3v) is 8.33. The lowest BCUT2D eigenvalue weighted by Crippen LogP contribution is -2.56. The molecular weight excluding hydrogens is 469 g/mol. The van der Waals surface area contributed by atoms with Gasteiger partial charge in [-0.15, -0.1) is 0 Å². The standard InChI is InChI=1S/C31H30FNO4/c1-36-22-13-14-27(29(32)17-22)30(34)19-15-20-7-6-8-21(16-19)33(20)31(35)37-18-28-25-11-4-2-9-23(25)24-10-3-5-12-26(24)28/h2-5,9-14,17,19-21,28H,6-8,15-16,18H2,1H3. The molecule has 0 saturated carbocycles. The number of benzene rings is 3. The van der Waals surface area contributed by atoms with Crippen LogP contribution < -0.4 is 4.74 Å². The molecule has 6 rings (SSSR count). The van der Waals surface area contributed by atoms with Crippen molar-refractivity contribution >= 4 is 11.9 Å². The summed E-state index contributed by atoms with van der Waals surface area (Å²) in [5, 5.41) is 0. The molecule has 0 N–H and O–H groups in total. The highest BCUT2D eigenvalue weighted by Gasteiger charge is 2.44. The van der Waals surface area contributed by atoms with Crippen molar-refractivity contribution in [1.29, 1.82) is 0 Å². The summed E-state index contributed by atoms with van der Waals surface area (Å²) in [5.41, 5.74) is 4.85. The van der Waals surface area contributed by atoms with Crippen LogP contribution in [-0.4, -0.2) is 42.6 Å². The van der Waals surface area contributed by atoms with Crippen LogP contribution in [0, 0.1) is 11.7 Å². The third kappa shape index (κ3) is 4.18. The Morgan fingerprint density at radius 2 is 1.54 bits per heavy atom. The number of nitrogens with zero attached hydrogens (tertiary/aromatic N) is 1. The van der Waals surface area contributed by atoms with Crippen LogP contribution in [0.5, 0.6) is 5.75 Å². The van der Waals surface area contributed by atoms with Crippen molar-refractivity contribution in [3.63, 3.8) is 0 Å². The smallest absolute Gasteiger partial charge is 0.410 e. The summed E-state index contributed by atoms with van der Waals surface area (Å²) in [7, 11) is 1.47. The summed E-state index contributed by atoms with van der Waals surface area (Å²) in [4.78, 5) is 28.5. The molecular formula is C31H30FNO4. The molecule has 3 aromatic carbocycles. The van der Waals surface area contributed by atoms with E-state index in [1.807, 2.05) is 29.2 Å². The zero-order valence-electron chi connectivity index (χ0n) is 20.9. The number of rotatable bonds is 5. The van der Waals surface area contributed by atoms with Gasteiger partial charge in [-0.2, -0.15) is 0 Å². The van der Waals surface area contributed by atoms with Crippen molar-refractivity contribution < 1.29 is 23.5 Å². The van der Waals surface area contributed by atoms with E-state index >= 15 is 0 Å². The zero-order chi connectivity index (χ0) is 25.5. The van der Waals surface area contributed by atoms with Gasteiger partial charge in [0.15, 0.2) is 5.78 Å². The summed E-state index contributed by atoms with van der Waals surface area (Å²) in [6.45, 7) is 0.280. The maximum atomic E-state index is 14.6. The lowest BCUT2D eigenvalue weighted by Gasteiger charge is -2.47. The number of carbonyl (C=O) groups is 2. The highest BCUT2D eigenvalue weighted by molar-refractivity contribution is 5.98. The van der Waals surface area contributed by atoms with E-state index in [0.717, 1.165) is 19.3 Å². The Balaban J connectivity index is 1.16. The third-order valence-electron chi connectivity index (χ3n) is 8.33. The van der Waals surface area contributed by atoms with Gasteiger partial charge in [0.1, 0.15) is 18.2 Å². The minimum Gasteiger partial charge on any atom is -0.497 e. The minimum atomic E-state index is -0.562. The maximum Gasteiger partial charge on any atom is 0.410 e. The molecule has 2 bridgehead atoms. The monoisotopic (exact) mass is 499 g/mol. The van der Waals surface area contributed by atoms with Crippen molar-refractivity contribution in [2.45, 2.75) is 50.1 Å². The van der Waals surface area contributed by atoms with E-state index in [1.54, 1.807) is 6.07 Å². The van der Waals surface area contributed by atoms with Crippen molar-refractivity contribution in [3.8, 4) is 16.9 Å². The Hall–Kier alpha value is -3.67. The van der Waals surface area contributed by atoms with Gasteiger partial charge in [-0.05, 0) is 66.5 Å². The van der Waals surface area contributed by atoms with Gasteiger partial charge in [0.05, 0.1) is 12.7 Å². The van der Waals surface area contributed by atoms with Gasteiger partial charge in [-0.25, -0.2) is 9.18 Å². The Kier molecular flexibility index (Phi) is 6.19. The van der Waals surface area contributed by atoms with Crippen molar-refractivity contribution in [2.75, 3.05) is 13.7 Å². The zero-order valence-corrected chi connectivity index (χ0v) is 20.9. The molecule has 2 atom stereocenters. The number of halogens is 1. The van der Waals surface area contributed by atoms with E-state index in [9.17, 15) is 14.0 Å². The van der Waals surface area contributed by atoms with Crippen LogP contribution in [0.3, 0.4) is 0 Å². The second kappa shape index (κ2) is 9.66. The van der Waals surface area contributed by atoms with Gasteiger partial charge in [0.25, 0.3) is 0 Å². The maximum absolute atomic E-state index is 14.6. The van der Waals surface area contributed by atoms with Crippen LogP contribution in [0.2, 0.25) is 0 Å². The number of ether oxygens (including phenoxy) is 2. The highest BCUT2D eigenvalue weighted by atomic mass is 19.1. The average Bonchev–Trinajstić information content (AvgIpc) is 3.24. The average molecular weight is 500 g/mol. The molecule has 0 aromatic heterocycles. The number of piperidine rings is 2. The second-order valence-electron chi connectivity index (χ2n) is 10.3. The Bertz CT molecular complexity index is 1300. The first-order chi connectivity index (χ1) is 18.0. The SMILES string of the molecule is COc1ccc(C(=O)C2CC3CCCC(C2)N3C(=O)OCC2c3ccccc3-c3ccccc32)c(F)c1. The van der Waals surface area contributed by atoms with E-state index < -0.39 is 5.82 Å². The first-order valence-electron chi connectivity index (χ1n) is 13.1. The fraction of sp³-hybridized carbons (Fsp3) is 0.355. The molecule has 2 aliphatic heterocycles. The van der Waals surface area contributed by atoms with Gasteiger partial charge < -0.3 is 14.4 Å². The molecule has 5 nitrogen and oxygen atoms in total. The fourth-order valence-electron chi connectivity index (χ4n) is 6.60. The van der Waals surface area contributed by atoms with Crippen LogP contribution in [0.1, 0.15) is 59.5 Å². The number of methoxy groups -OCH3 is 1. The molecule has 0 spiro atoms. The predicted molar refractivity (Wildman–Crippen MR) is 138 cm³/mol. The van der Waals surface area contributed by atoms with Gasteiger partial charge >= 0.3 is 6.09 Å². The highest BCUT2D eigenvalue weighted by Crippen LogP contribution is 2.45. The van der Waals surface area contributed by atoms with Crippen LogP contribution >= 0.6 is 0 Å². The van der Waals surface area contributed by atoms with Crippen LogP contribution in [0.15, 0.2) is 66.7 Å². The molecule has 190 valence electrons. The van der Waals surface area contributed by atoms with Gasteiger partial charge in [-0.3, -0.25) is 4.79 Å². The summed E-state index contributed by atoms with van der Waals surface area (Å²) in [5.74, 6) is -0.669. The number of carbonyl (C=O) groups excluding carboxylic acids is 2. The number of amides is 1. The number of ketones is 1. The second-order valence-corrected chi connectivity index (χ2v) is 10.3.